The SMILES string of the molecule is Cc1cc(C)c(NC(=O)C(C)Sc2cc(C)ncn2)c(C)c1. The van der Waals surface area contributed by atoms with Crippen molar-refractivity contribution in [1.82, 2.24) is 9.97 Å². The molecule has 0 aliphatic rings. The smallest absolute Gasteiger partial charge is 0.237 e. The normalized spacial score (nSPS) is 12.0. The van der Waals surface area contributed by atoms with Crippen molar-refractivity contribution in [3.8, 4) is 0 Å². The van der Waals surface area contributed by atoms with Crippen molar-refractivity contribution >= 4 is 23.4 Å². The molecule has 1 aromatic carbocycles. The van der Waals surface area contributed by atoms with Gasteiger partial charge in [-0.25, -0.2) is 9.97 Å². The second kappa shape index (κ2) is 6.92. The first-order valence-electron chi connectivity index (χ1n) is 7.21. The van der Waals surface area contributed by atoms with Crippen molar-refractivity contribution in [2.75, 3.05) is 5.32 Å². The zero-order chi connectivity index (χ0) is 16.3. The number of amides is 1. The molecule has 0 aliphatic carbocycles. The third-order valence-electron chi connectivity index (χ3n) is 3.37. The average molecular weight is 315 g/mol. The van der Waals surface area contributed by atoms with Gasteiger partial charge in [0.2, 0.25) is 5.91 Å². The molecule has 1 N–H and O–H groups in total. The van der Waals surface area contributed by atoms with Gasteiger partial charge in [-0.05, 0) is 51.8 Å². The Labute approximate surface area is 135 Å². The lowest BCUT2D eigenvalue weighted by atomic mass is 10.1. The Morgan fingerprint density at radius 3 is 2.32 bits per heavy atom. The highest BCUT2D eigenvalue weighted by Gasteiger charge is 2.17. The van der Waals surface area contributed by atoms with Gasteiger partial charge >= 0.3 is 0 Å². The van der Waals surface area contributed by atoms with Crippen molar-refractivity contribution in [2.45, 2.75) is 44.9 Å². The molecule has 2 rings (SSSR count). The van der Waals surface area contributed by atoms with Gasteiger partial charge in [0.1, 0.15) is 11.4 Å². The van der Waals surface area contributed by atoms with Crippen LogP contribution in [0.5, 0.6) is 0 Å². The molecule has 1 unspecified atom stereocenters. The number of benzene rings is 1. The van der Waals surface area contributed by atoms with Crippen LogP contribution in [-0.4, -0.2) is 21.1 Å². The Kier molecular flexibility index (Phi) is 5.19. The number of nitrogens with one attached hydrogen (secondary N) is 1. The number of anilines is 1. The van der Waals surface area contributed by atoms with Crippen LogP contribution in [0.2, 0.25) is 0 Å². The quantitative estimate of drug-likeness (QED) is 0.688. The zero-order valence-electron chi connectivity index (χ0n) is 13.6. The fraction of sp³-hybridized carbons (Fsp3) is 0.353. The summed E-state index contributed by atoms with van der Waals surface area (Å²) in [6.45, 7) is 9.88. The molecule has 0 radical (unpaired) electrons. The second-order valence-electron chi connectivity index (χ2n) is 5.52. The number of aryl methyl sites for hydroxylation is 4. The average Bonchev–Trinajstić information content (AvgIpc) is 2.42. The van der Waals surface area contributed by atoms with Gasteiger partial charge in [-0.15, -0.1) is 0 Å². The van der Waals surface area contributed by atoms with Gasteiger partial charge in [-0.1, -0.05) is 29.5 Å². The molecule has 2 aromatic rings. The molecule has 1 atom stereocenters. The summed E-state index contributed by atoms with van der Waals surface area (Å²) in [6.07, 6.45) is 1.52. The summed E-state index contributed by atoms with van der Waals surface area (Å²) in [5.74, 6) is -0.0173. The van der Waals surface area contributed by atoms with Crippen LogP contribution in [0, 0.1) is 27.7 Å². The molecule has 0 aliphatic heterocycles. The Hall–Kier alpha value is -1.88. The van der Waals surface area contributed by atoms with Crippen LogP contribution in [0.1, 0.15) is 29.3 Å². The fourth-order valence-corrected chi connectivity index (χ4v) is 3.21. The number of carbonyl (C=O) groups excluding carboxylic acids is 1. The second-order valence-corrected chi connectivity index (χ2v) is 6.88. The number of nitrogens with zero attached hydrogens (tertiary/aromatic N) is 2. The Morgan fingerprint density at radius 2 is 1.73 bits per heavy atom. The topological polar surface area (TPSA) is 54.9 Å². The van der Waals surface area contributed by atoms with Crippen LogP contribution in [0.25, 0.3) is 0 Å². The van der Waals surface area contributed by atoms with E-state index in [9.17, 15) is 4.79 Å². The molecular weight excluding hydrogens is 294 g/mol. The van der Waals surface area contributed by atoms with Crippen molar-refractivity contribution in [3.05, 3.63) is 46.9 Å². The Morgan fingerprint density at radius 1 is 1.09 bits per heavy atom. The molecule has 1 amide bonds. The molecule has 1 aromatic heterocycles. The van der Waals surface area contributed by atoms with Gasteiger partial charge in [0, 0.05) is 11.4 Å². The van der Waals surface area contributed by atoms with Crippen molar-refractivity contribution < 1.29 is 4.79 Å². The molecule has 0 bridgehead atoms. The third-order valence-corrected chi connectivity index (χ3v) is 4.40. The Balaban J connectivity index is 2.09. The summed E-state index contributed by atoms with van der Waals surface area (Å²) in [7, 11) is 0. The van der Waals surface area contributed by atoms with E-state index < -0.39 is 0 Å². The first kappa shape index (κ1) is 16.5. The largest absolute Gasteiger partial charge is 0.325 e. The fourth-order valence-electron chi connectivity index (χ4n) is 2.33. The van der Waals surface area contributed by atoms with Gasteiger partial charge < -0.3 is 5.32 Å². The summed E-state index contributed by atoms with van der Waals surface area (Å²) >= 11 is 1.44. The highest BCUT2D eigenvalue weighted by Crippen LogP contribution is 2.25. The van der Waals surface area contributed by atoms with E-state index in [1.807, 2.05) is 33.8 Å². The lowest BCUT2D eigenvalue weighted by Gasteiger charge is -2.16. The number of carbonyl (C=O) groups is 1. The number of thioether (sulfide) groups is 1. The first-order chi connectivity index (χ1) is 10.4. The number of rotatable bonds is 4. The minimum absolute atomic E-state index is 0.0173. The van der Waals surface area contributed by atoms with Crippen molar-refractivity contribution in [2.24, 2.45) is 0 Å². The van der Waals surface area contributed by atoms with Crippen LogP contribution in [0.3, 0.4) is 0 Å². The van der Waals surface area contributed by atoms with E-state index in [0.717, 1.165) is 27.5 Å². The maximum absolute atomic E-state index is 12.4. The van der Waals surface area contributed by atoms with Crippen molar-refractivity contribution in [1.29, 1.82) is 0 Å². The molecule has 1 heterocycles. The summed E-state index contributed by atoms with van der Waals surface area (Å²) in [5, 5.41) is 3.62. The van der Waals surface area contributed by atoms with E-state index in [-0.39, 0.29) is 11.2 Å². The highest BCUT2D eigenvalue weighted by atomic mass is 32.2. The summed E-state index contributed by atoms with van der Waals surface area (Å²) < 4.78 is 0. The van der Waals surface area contributed by atoms with E-state index in [1.54, 1.807) is 0 Å². The zero-order valence-corrected chi connectivity index (χ0v) is 14.4. The van der Waals surface area contributed by atoms with E-state index in [2.05, 4.69) is 34.3 Å². The maximum atomic E-state index is 12.4. The standard InChI is InChI=1S/C17H21N3OS/c1-10-6-11(2)16(12(3)7-10)20-17(21)14(5)22-15-8-13(4)18-9-19-15/h6-9,14H,1-5H3,(H,20,21). The molecule has 5 heteroatoms. The molecule has 116 valence electrons. The van der Waals surface area contributed by atoms with E-state index in [4.69, 9.17) is 0 Å². The van der Waals surface area contributed by atoms with Gasteiger partial charge in [0.05, 0.1) is 5.25 Å². The van der Waals surface area contributed by atoms with Crippen LogP contribution in [-0.2, 0) is 4.79 Å². The number of hydrogen-bond acceptors (Lipinski definition) is 4. The van der Waals surface area contributed by atoms with Gasteiger partial charge in [-0.3, -0.25) is 4.79 Å². The van der Waals surface area contributed by atoms with E-state index in [0.29, 0.717) is 0 Å². The molecule has 0 saturated carbocycles. The first-order valence-corrected chi connectivity index (χ1v) is 8.09. The predicted octanol–water partition coefficient (Wildman–Crippen LogP) is 3.83. The third kappa shape index (κ3) is 4.07. The molecule has 0 spiro atoms. The van der Waals surface area contributed by atoms with Crippen LogP contribution < -0.4 is 5.32 Å². The van der Waals surface area contributed by atoms with Crippen molar-refractivity contribution in [3.63, 3.8) is 0 Å². The van der Waals surface area contributed by atoms with E-state index in [1.165, 1.54) is 23.7 Å². The number of aromatic nitrogens is 2. The minimum Gasteiger partial charge on any atom is -0.325 e. The molecule has 22 heavy (non-hydrogen) atoms. The van der Waals surface area contributed by atoms with Gasteiger partial charge in [0.25, 0.3) is 0 Å². The Bertz CT molecular complexity index is 677. The van der Waals surface area contributed by atoms with E-state index >= 15 is 0 Å². The lowest BCUT2D eigenvalue weighted by Crippen LogP contribution is -2.23. The monoisotopic (exact) mass is 315 g/mol. The highest BCUT2D eigenvalue weighted by molar-refractivity contribution is 8.00. The van der Waals surface area contributed by atoms with Gasteiger partial charge in [0.15, 0.2) is 0 Å². The summed E-state index contributed by atoms with van der Waals surface area (Å²) in [6, 6.07) is 6.04. The molecule has 0 fully saturated rings. The predicted molar refractivity (Wildman–Crippen MR) is 91.4 cm³/mol. The summed E-state index contributed by atoms with van der Waals surface area (Å²) in [5.41, 5.74) is 5.17. The van der Waals surface area contributed by atoms with Gasteiger partial charge in [-0.2, -0.15) is 0 Å². The molecule has 4 nitrogen and oxygen atoms in total. The number of hydrogen-bond donors (Lipinski definition) is 1. The lowest BCUT2D eigenvalue weighted by molar-refractivity contribution is -0.115. The molecular formula is C17H21N3OS. The van der Waals surface area contributed by atoms with Crippen LogP contribution in [0.4, 0.5) is 5.69 Å². The minimum atomic E-state index is -0.227. The van der Waals surface area contributed by atoms with Crippen LogP contribution in [0.15, 0.2) is 29.6 Å². The maximum Gasteiger partial charge on any atom is 0.237 e. The molecule has 0 saturated heterocycles. The summed E-state index contributed by atoms with van der Waals surface area (Å²) in [4.78, 5) is 20.7. The van der Waals surface area contributed by atoms with Crippen LogP contribution >= 0.6 is 11.8 Å².